The number of anilines is 2. The van der Waals surface area contributed by atoms with E-state index in [-0.39, 0.29) is 22.2 Å². The first-order valence-electron chi connectivity index (χ1n) is 10.3. The van der Waals surface area contributed by atoms with Crippen LogP contribution in [-0.4, -0.2) is 22.3 Å². The minimum absolute atomic E-state index is 0.0485. The summed E-state index contributed by atoms with van der Waals surface area (Å²) in [6.07, 6.45) is 0.985. The van der Waals surface area contributed by atoms with Crippen LogP contribution in [-0.2, 0) is 9.59 Å². The van der Waals surface area contributed by atoms with Gasteiger partial charge in [-0.05, 0) is 42.5 Å². The van der Waals surface area contributed by atoms with Gasteiger partial charge in [-0.15, -0.1) is 0 Å². The van der Waals surface area contributed by atoms with Gasteiger partial charge in [-0.3, -0.25) is 25.1 Å². The third-order valence-corrected chi connectivity index (χ3v) is 8.35. The van der Waals surface area contributed by atoms with Gasteiger partial charge in [0.15, 0.2) is 5.78 Å². The van der Waals surface area contributed by atoms with Crippen molar-refractivity contribution in [2.24, 2.45) is 21.3 Å². The Balaban J connectivity index is 1.67. The number of amides is 1. The molecule has 2 saturated carbocycles. The van der Waals surface area contributed by atoms with Crippen LogP contribution in [0, 0.1) is 26.4 Å². The number of hydrogen-bond donors (Lipinski definition) is 2. The minimum atomic E-state index is -1.32. The Labute approximate surface area is 200 Å². The van der Waals surface area contributed by atoms with Gasteiger partial charge in [0.05, 0.1) is 26.3 Å². The predicted octanol–water partition coefficient (Wildman–Crippen LogP) is 5.70. The van der Waals surface area contributed by atoms with Crippen LogP contribution in [0.5, 0.6) is 0 Å². The number of nitro groups is 1. The molecule has 0 heterocycles. The molecule has 2 aromatic rings. The van der Waals surface area contributed by atoms with Gasteiger partial charge in [-0.2, -0.15) is 5.10 Å². The van der Waals surface area contributed by atoms with Gasteiger partial charge >= 0.3 is 0 Å². The number of fused-ring (bicyclic) bond motifs is 2. The Morgan fingerprint density at radius 1 is 1.09 bits per heavy atom. The molecule has 2 atom stereocenters. The monoisotopic (exact) mass is 488 g/mol. The number of carbonyl (C=O) groups excluding carboxylic acids is 2. The number of nitrogens with one attached hydrogen (secondary N) is 2. The molecule has 172 valence electrons. The van der Waals surface area contributed by atoms with E-state index >= 15 is 0 Å². The van der Waals surface area contributed by atoms with Crippen LogP contribution in [0.4, 0.5) is 17.1 Å². The molecular formula is C23H22Cl2N4O4. The maximum atomic E-state index is 13.7. The molecule has 0 aromatic heterocycles. The number of carbonyl (C=O) groups is 2. The van der Waals surface area contributed by atoms with Crippen molar-refractivity contribution in [1.29, 1.82) is 0 Å². The molecule has 2 aliphatic rings. The lowest BCUT2D eigenvalue weighted by Crippen LogP contribution is -2.47. The Morgan fingerprint density at radius 2 is 1.76 bits per heavy atom. The lowest BCUT2D eigenvalue weighted by molar-refractivity contribution is -0.384. The molecule has 33 heavy (non-hydrogen) atoms. The quantitative estimate of drug-likeness (QED) is 0.318. The highest BCUT2D eigenvalue weighted by Crippen LogP contribution is 2.69. The topological polar surface area (TPSA) is 114 Å². The third-order valence-electron chi connectivity index (χ3n) is 7.53. The van der Waals surface area contributed by atoms with Crippen molar-refractivity contribution in [3.8, 4) is 0 Å². The Hall–Kier alpha value is -2.97. The zero-order valence-electron chi connectivity index (χ0n) is 18.2. The number of benzene rings is 2. The molecule has 1 amide bonds. The summed E-state index contributed by atoms with van der Waals surface area (Å²) in [5.74, 6) is -0.780. The number of halogens is 2. The second kappa shape index (κ2) is 7.81. The lowest BCUT2D eigenvalue weighted by Gasteiger charge is -2.37. The molecule has 2 aliphatic carbocycles. The van der Waals surface area contributed by atoms with Gasteiger partial charge in [0.1, 0.15) is 11.1 Å². The fourth-order valence-corrected chi connectivity index (χ4v) is 5.43. The molecule has 4 rings (SSSR count). The zero-order valence-corrected chi connectivity index (χ0v) is 19.8. The van der Waals surface area contributed by atoms with E-state index in [1.54, 1.807) is 18.2 Å². The molecule has 0 spiro atoms. The second-order valence-corrected chi connectivity index (χ2v) is 9.91. The summed E-state index contributed by atoms with van der Waals surface area (Å²) < 4.78 is 0. The number of non-ortho nitro benzene ring substituents is 1. The molecule has 10 heteroatoms. The molecule has 0 aliphatic heterocycles. The van der Waals surface area contributed by atoms with Crippen molar-refractivity contribution >= 4 is 57.7 Å². The number of ketones is 1. The summed E-state index contributed by atoms with van der Waals surface area (Å²) in [6, 6.07) is 10.6. The molecule has 0 radical (unpaired) electrons. The van der Waals surface area contributed by atoms with E-state index in [1.807, 2.05) is 20.8 Å². The van der Waals surface area contributed by atoms with Gasteiger partial charge in [0, 0.05) is 17.5 Å². The van der Waals surface area contributed by atoms with E-state index in [9.17, 15) is 19.7 Å². The summed E-state index contributed by atoms with van der Waals surface area (Å²) in [4.78, 5) is 37.6. The minimum Gasteiger partial charge on any atom is -0.324 e. The maximum absolute atomic E-state index is 13.7. The van der Waals surface area contributed by atoms with Gasteiger partial charge in [0.25, 0.3) is 5.69 Å². The average Bonchev–Trinajstić information content (AvgIpc) is 3.05. The molecule has 0 saturated heterocycles. The normalized spacial score (nSPS) is 26.5. The average molecular weight is 489 g/mol. The van der Waals surface area contributed by atoms with Crippen LogP contribution in [0.2, 0.25) is 10.0 Å². The lowest BCUT2D eigenvalue weighted by atomic mass is 9.64. The van der Waals surface area contributed by atoms with E-state index in [1.165, 1.54) is 24.3 Å². The van der Waals surface area contributed by atoms with Crippen LogP contribution in [0.1, 0.15) is 33.6 Å². The van der Waals surface area contributed by atoms with E-state index in [0.29, 0.717) is 29.2 Å². The van der Waals surface area contributed by atoms with Crippen LogP contribution in [0.3, 0.4) is 0 Å². The number of Topliss-reactive ketones (excluding diaryl/α,β-unsaturated/α-hetero) is 1. The maximum Gasteiger partial charge on any atom is 0.269 e. The van der Waals surface area contributed by atoms with Crippen molar-refractivity contribution < 1.29 is 14.5 Å². The van der Waals surface area contributed by atoms with E-state index in [4.69, 9.17) is 23.2 Å². The Morgan fingerprint density at radius 3 is 2.39 bits per heavy atom. The summed E-state index contributed by atoms with van der Waals surface area (Å²) in [6.45, 7) is 5.76. The van der Waals surface area contributed by atoms with E-state index < -0.39 is 27.1 Å². The molecule has 2 N–H and O–H groups in total. The van der Waals surface area contributed by atoms with Crippen LogP contribution < -0.4 is 10.7 Å². The van der Waals surface area contributed by atoms with Gasteiger partial charge in [-0.25, -0.2) is 0 Å². The number of hydrogen-bond acceptors (Lipinski definition) is 6. The smallest absolute Gasteiger partial charge is 0.269 e. The third kappa shape index (κ3) is 3.23. The SMILES string of the molecule is CC12CCC(C(=O)Nc3cccc(Cl)c3Cl)(C(=O)/C1=N\Nc1ccc([N+](=O)[O-])cc1)C2(C)C. The van der Waals surface area contributed by atoms with Crippen molar-refractivity contribution in [1.82, 2.24) is 0 Å². The summed E-state index contributed by atoms with van der Waals surface area (Å²) in [5, 5.41) is 18.6. The van der Waals surface area contributed by atoms with Gasteiger partial charge < -0.3 is 5.32 Å². The first-order chi connectivity index (χ1) is 15.5. The molecule has 2 bridgehead atoms. The molecule has 2 aromatic carbocycles. The highest BCUT2D eigenvalue weighted by atomic mass is 35.5. The Bertz CT molecular complexity index is 1210. The highest BCUT2D eigenvalue weighted by Gasteiger charge is 2.76. The zero-order chi connectivity index (χ0) is 24.2. The van der Waals surface area contributed by atoms with Crippen molar-refractivity contribution in [2.45, 2.75) is 33.6 Å². The second-order valence-electron chi connectivity index (χ2n) is 9.12. The summed E-state index contributed by atoms with van der Waals surface area (Å²) >= 11 is 12.3. The molecule has 2 fully saturated rings. The van der Waals surface area contributed by atoms with Crippen molar-refractivity contribution in [3.05, 3.63) is 62.6 Å². The van der Waals surface area contributed by atoms with Crippen LogP contribution in [0.25, 0.3) is 0 Å². The number of hydrazone groups is 1. The van der Waals surface area contributed by atoms with Crippen molar-refractivity contribution in [3.63, 3.8) is 0 Å². The summed E-state index contributed by atoms with van der Waals surface area (Å²) in [5.41, 5.74) is 1.22. The molecule has 8 nitrogen and oxygen atoms in total. The number of nitro benzene ring substituents is 1. The fourth-order valence-electron chi connectivity index (χ4n) is 5.08. The summed E-state index contributed by atoms with van der Waals surface area (Å²) in [7, 11) is 0. The van der Waals surface area contributed by atoms with Gasteiger partial charge in [0.2, 0.25) is 5.91 Å². The first-order valence-corrected chi connectivity index (χ1v) is 11.1. The molecule has 2 unspecified atom stereocenters. The van der Waals surface area contributed by atoms with Gasteiger partial charge in [-0.1, -0.05) is 50.0 Å². The number of nitrogens with zero attached hydrogens (tertiary/aromatic N) is 2. The standard InChI is InChI=1S/C23H22Cl2N4O4/c1-21(2)22(3)11-12-23(21,20(31)26-16-6-4-5-15(24)17(16)25)19(30)18(22)28-27-13-7-9-14(10-8-13)29(32)33/h4-10,27H,11-12H2,1-3H3,(H,26,31)/b28-18+. The highest BCUT2D eigenvalue weighted by molar-refractivity contribution is 6.51. The van der Waals surface area contributed by atoms with E-state index in [2.05, 4.69) is 15.8 Å². The number of rotatable bonds is 5. The van der Waals surface area contributed by atoms with Crippen LogP contribution >= 0.6 is 23.2 Å². The predicted molar refractivity (Wildman–Crippen MR) is 128 cm³/mol. The molecular weight excluding hydrogens is 467 g/mol. The van der Waals surface area contributed by atoms with E-state index in [0.717, 1.165) is 0 Å². The van der Waals surface area contributed by atoms with Crippen LogP contribution in [0.15, 0.2) is 47.6 Å². The largest absolute Gasteiger partial charge is 0.324 e. The Kier molecular flexibility index (Phi) is 5.49. The van der Waals surface area contributed by atoms with Crippen molar-refractivity contribution in [2.75, 3.05) is 10.7 Å². The fraction of sp³-hybridized carbons (Fsp3) is 0.348. The first kappa shape index (κ1) is 23.2.